The number of nitrogen functional groups attached to an aromatic ring is 1. The molecule has 0 spiro atoms. The summed E-state index contributed by atoms with van der Waals surface area (Å²) in [5.41, 5.74) is 7.33. The molecule has 0 aromatic heterocycles. The van der Waals surface area contributed by atoms with Crippen molar-refractivity contribution in [3.05, 3.63) is 35.9 Å². The van der Waals surface area contributed by atoms with Gasteiger partial charge in [-0.1, -0.05) is 12.1 Å². The Morgan fingerprint density at radius 1 is 1.40 bits per heavy atom. The number of nitrogens with one attached hydrogen (secondary N) is 1. The Morgan fingerprint density at radius 3 is 2.75 bits per heavy atom. The Morgan fingerprint density at radius 2 is 2.10 bits per heavy atom. The molecule has 1 aliphatic rings. The van der Waals surface area contributed by atoms with Gasteiger partial charge >= 0.3 is 0 Å². The first kappa shape index (κ1) is 14.6. The second-order valence-electron chi connectivity index (χ2n) is 5.56. The molecule has 1 saturated heterocycles. The maximum atomic E-state index is 11.9. The molecule has 1 aromatic rings. The van der Waals surface area contributed by atoms with Crippen LogP contribution in [0.4, 0.5) is 5.69 Å². The van der Waals surface area contributed by atoms with Crippen molar-refractivity contribution in [2.75, 3.05) is 19.3 Å². The van der Waals surface area contributed by atoms with Gasteiger partial charge in [-0.25, -0.2) is 0 Å². The SMILES string of the molecule is CC1CC(NC(=O)/C=C/c2ccc(N)cc2)CCN1C. The van der Waals surface area contributed by atoms with Crippen molar-refractivity contribution in [3.8, 4) is 0 Å². The number of piperidine rings is 1. The summed E-state index contributed by atoms with van der Waals surface area (Å²) in [6.07, 6.45) is 5.43. The number of rotatable bonds is 3. The summed E-state index contributed by atoms with van der Waals surface area (Å²) in [6.45, 7) is 3.23. The second kappa shape index (κ2) is 6.57. The van der Waals surface area contributed by atoms with E-state index in [2.05, 4.69) is 24.2 Å². The van der Waals surface area contributed by atoms with Gasteiger partial charge < -0.3 is 16.0 Å². The van der Waals surface area contributed by atoms with Gasteiger partial charge in [-0.2, -0.15) is 0 Å². The lowest BCUT2D eigenvalue weighted by molar-refractivity contribution is -0.117. The number of nitrogens with zero attached hydrogens (tertiary/aromatic N) is 1. The van der Waals surface area contributed by atoms with Crippen molar-refractivity contribution in [2.24, 2.45) is 0 Å². The molecule has 2 atom stereocenters. The van der Waals surface area contributed by atoms with Gasteiger partial charge in [0.05, 0.1) is 0 Å². The van der Waals surface area contributed by atoms with Crippen LogP contribution in [0.3, 0.4) is 0 Å². The molecule has 20 heavy (non-hydrogen) atoms. The molecule has 3 N–H and O–H groups in total. The van der Waals surface area contributed by atoms with Crippen LogP contribution in [0.25, 0.3) is 6.08 Å². The zero-order valence-electron chi connectivity index (χ0n) is 12.2. The molecule has 1 heterocycles. The van der Waals surface area contributed by atoms with Crippen LogP contribution in [0.5, 0.6) is 0 Å². The highest BCUT2D eigenvalue weighted by molar-refractivity contribution is 5.91. The van der Waals surface area contributed by atoms with E-state index in [0.29, 0.717) is 6.04 Å². The molecule has 0 bridgehead atoms. The van der Waals surface area contributed by atoms with E-state index in [0.717, 1.165) is 30.6 Å². The first-order valence-electron chi connectivity index (χ1n) is 7.09. The highest BCUT2D eigenvalue weighted by atomic mass is 16.1. The van der Waals surface area contributed by atoms with E-state index in [1.54, 1.807) is 6.08 Å². The molecular formula is C16H23N3O. The number of carbonyl (C=O) groups excluding carboxylic acids is 1. The summed E-state index contributed by atoms with van der Waals surface area (Å²) in [5, 5.41) is 3.07. The monoisotopic (exact) mass is 273 g/mol. The Bertz CT molecular complexity index is 481. The van der Waals surface area contributed by atoms with Gasteiger partial charge in [0.2, 0.25) is 5.91 Å². The molecule has 1 fully saturated rings. The van der Waals surface area contributed by atoms with Crippen molar-refractivity contribution >= 4 is 17.7 Å². The van der Waals surface area contributed by atoms with Gasteiger partial charge in [0.15, 0.2) is 0 Å². The second-order valence-corrected chi connectivity index (χ2v) is 5.56. The molecule has 4 nitrogen and oxygen atoms in total. The van der Waals surface area contributed by atoms with Crippen LogP contribution in [0, 0.1) is 0 Å². The minimum atomic E-state index is -0.0245. The number of carbonyl (C=O) groups is 1. The number of anilines is 1. The average Bonchev–Trinajstić information content (AvgIpc) is 2.42. The maximum Gasteiger partial charge on any atom is 0.244 e. The number of hydrogen-bond acceptors (Lipinski definition) is 3. The molecule has 4 heteroatoms. The summed E-state index contributed by atoms with van der Waals surface area (Å²) in [7, 11) is 2.13. The summed E-state index contributed by atoms with van der Waals surface area (Å²) >= 11 is 0. The number of hydrogen-bond donors (Lipinski definition) is 2. The molecular weight excluding hydrogens is 250 g/mol. The summed E-state index contributed by atoms with van der Waals surface area (Å²) in [6, 6.07) is 8.26. The fraction of sp³-hybridized carbons (Fsp3) is 0.438. The topological polar surface area (TPSA) is 58.4 Å². The van der Waals surface area contributed by atoms with E-state index in [4.69, 9.17) is 5.73 Å². The van der Waals surface area contributed by atoms with Gasteiger partial charge in [0.1, 0.15) is 0 Å². The lowest BCUT2D eigenvalue weighted by atomic mass is 9.99. The van der Waals surface area contributed by atoms with Crippen LogP contribution in [0.1, 0.15) is 25.3 Å². The molecule has 1 amide bonds. The Balaban J connectivity index is 1.85. The van der Waals surface area contributed by atoms with Crippen molar-refractivity contribution < 1.29 is 4.79 Å². The van der Waals surface area contributed by atoms with Gasteiger partial charge in [-0.05, 0) is 50.6 Å². The highest BCUT2D eigenvalue weighted by Gasteiger charge is 2.23. The van der Waals surface area contributed by atoms with Crippen molar-refractivity contribution in [1.82, 2.24) is 10.2 Å². The smallest absolute Gasteiger partial charge is 0.244 e. The van der Waals surface area contributed by atoms with Gasteiger partial charge in [0.25, 0.3) is 0 Å². The van der Waals surface area contributed by atoms with E-state index < -0.39 is 0 Å². The van der Waals surface area contributed by atoms with E-state index in [-0.39, 0.29) is 11.9 Å². The zero-order chi connectivity index (χ0) is 14.5. The molecule has 0 saturated carbocycles. The van der Waals surface area contributed by atoms with Crippen LogP contribution in [0.2, 0.25) is 0 Å². The Hall–Kier alpha value is -1.81. The lowest BCUT2D eigenvalue weighted by Crippen LogP contribution is -2.46. The molecule has 108 valence electrons. The molecule has 0 aliphatic carbocycles. The lowest BCUT2D eigenvalue weighted by Gasteiger charge is -2.35. The van der Waals surface area contributed by atoms with Crippen LogP contribution in [-0.4, -0.2) is 36.5 Å². The molecule has 2 rings (SSSR count). The molecule has 1 aromatic carbocycles. The maximum absolute atomic E-state index is 11.9. The third-order valence-electron chi connectivity index (χ3n) is 3.92. The summed E-state index contributed by atoms with van der Waals surface area (Å²) in [4.78, 5) is 14.2. The number of benzene rings is 1. The van der Waals surface area contributed by atoms with Crippen LogP contribution >= 0.6 is 0 Å². The first-order valence-corrected chi connectivity index (χ1v) is 7.09. The van der Waals surface area contributed by atoms with Gasteiger partial charge in [0, 0.05) is 30.4 Å². The normalized spacial score (nSPS) is 23.9. The number of amides is 1. The number of nitrogens with two attached hydrogens (primary N) is 1. The predicted molar refractivity (Wildman–Crippen MR) is 83.1 cm³/mol. The van der Waals surface area contributed by atoms with Crippen molar-refractivity contribution in [2.45, 2.75) is 31.8 Å². The fourth-order valence-corrected chi connectivity index (χ4v) is 2.45. The van der Waals surface area contributed by atoms with Crippen molar-refractivity contribution in [3.63, 3.8) is 0 Å². The van der Waals surface area contributed by atoms with Crippen molar-refractivity contribution in [1.29, 1.82) is 0 Å². The third kappa shape index (κ3) is 4.10. The molecule has 2 unspecified atom stereocenters. The Labute approximate surface area is 120 Å². The van der Waals surface area contributed by atoms with Gasteiger partial charge in [-0.3, -0.25) is 4.79 Å². The van der Waals surface area contributed by atoms with E-state index in [1.807, 2.05) is 30.3 Å². The van der Waals surface area contributed by atoms with E-state index in [1.165, 1.54) is 0 Å². The standard InChI is InChI=1S/C16H23N3O/c1-12-11-15(9-10-19(12)2)18-16(20)8-5-13-3-6-14(17)7-4-13/h3-8,12,15H,9-11,17H2,1-2H3,(H,18,20)/b8-5+. The van der Waals surface area contributed by atoms with Crippen LogP contribution < -0.4 is 11.1 Å². The quantitative estimate of drug-likeness (QED) is 0.653. The minimum Gasteiger partial charge on any atom is -0.399 e. The predicted octanol–water partition coefficient (Wildman–Crippen LogP) is 1.88. The highest BCUT2D eigenvalue weighted by Crippen LogP contribution is 2.15. The molecule has 0 radical (unpaired) electrons. The third-order valence-corrected chi connectivity index (χ3v) is 3.92. The van der Waals surface area contributed by atoms with Gasteiger partial charge in [-0.15, -0.1) is 0 Å². The minimum absolute atomic E-state index is 0.0245. The van der Waals surface area contributed by atoms with Crippen LogP contribution in [-0.2, 0) is 4.79 Å². The van der Waals surface area contributed by atoms with E-state index in [9.17, 15) is 4.79 Å². The first-order chi connectivity index (χ1) is 9.54. The Kier molecular flexibility index (Phi) is 4.79. The summed E-state index contributed by atoms with van der Waals surface area (Å²) in [5.74, 6) is -0.0245. The van der Waals surface area contributed by atoms with E-state index >= 15 is 0 Å². The number of likely N-dealkylation sites (tertiary alicyclic amines) is 1. The summed E-state index contributed by atoms with van der Waals surface area (Å²) < 4.78 is 0. The fourth-order valence-electron chi connectivity index (χ4n) is 2.45. The molecule has 1 aliphatic heterocycles. The zero-order valence-corrected chi connectivity index (χ0v) is 12.2. The van der Waals surface area contributed by atoms with Crippen LogP contribution in [0.15, 0.2) is 30.3 Å². The average molecular weight is 273 g/mol. The largest absolute Gasteiger partial charge is 0.399 e.